The number of hydrogen-bond acceptors (Lipinski definition) is 6. The molecule has 9 nitrogen and oxygen atoms in total. The van der Waals surface area contributed by atoms with Crippen LogP contribution in [0.25, 0.3) is 0 Å². The van der Waals surface area contributed by atoms with Crippen LogP contribution >= 0.6 is 11.6 Å². The van der Waals surface area contributed by atoms with Crippen molar-refractivity contribution >= 4 is 48.7 Å². The Morgan fingerprint density at radius 3 is 1.84 bits per heavy atom. The lowest BCUT2D eigenvalue weighted by Gasteiger charge is -2.11. The van der Waals surface area contributed by atoms with Gasteiger partial charge in [0, 0.05) is 22.3 Å². The van der Waals surface area contributed by atoms with Gasteiger partial charge in [0.2, 0.25) is 0 Å². The van der Waals surface area contributed by atoms with E-state index in [1.165, 1.54) is 49.4 Å². The lowest BCUT2D eigenvalue weighted by molar-refractivity contribution is -0.385. The summed E-state index contributed by atoms with van der Waals surface area (Å²) in [5.41, 5.74) is 1.17. The Morgan fingerprint density at radius 1 is 0.750 bits per heavy atom. The molecule has 0 fully saturated rings. The molecule has 32 heavy (non-hydrogen) atoms. The van der Waals surface area contributed by atoms with Gasteiger partial charge in [0.15, 0.2) is 0 Å². The molecule has 0 amide bonds. The summed E-state index contributed by atoms with van der Waals surface area (Å²) in [4.78, 5) is 10.0. The lowest BCUT2D eigenvalue weighted by atomic mass is 10.2. The van der Waals surface area contributed by atoms with Crippen molar-refractivity contribution in [1.29, 1.82) is 0 Å². The zero-order valence-electron chi connectivity index (χ0n) is 16.9. The number of sulfonamides is 2. The van der Waals surface area contributed by atoms with E-state index in [1.54, 1.807) is 19.1 Å². The van der Waals surface area contributed by atoms with E-state index in [0.29, 0.717) is 10.6 Å². The summed E-state index contributed by atoms with van der Waals surface area (Å²) in [7, 11) is -8.06. The topological polar surface area (TPSA) is 135 Å². The Balaban J connectivity index is 1.81. The first-order valence-corrected chi connectivity index (χ1v) is 12.4. The molecule has 0 saturated heterocycles. The molecule has 3 aromatic rings. The van der Waals surface area contributed by atoms with Crippen LogP contribution in [0.4, 0.5) is 17.1 Å². The second kappa shape index (κ2) is 8.77. The highest BCUT2D eigenvalue weighted by molar-refractivity contribution is 7.93. The summed E-state index contributed by atoms with van der Waals surface area (Å²) in [5.74, 6) is 0. The fourth-order valence-electron chi connectivity index (χ4n) is 2.74. The highest BCUT2D eigenvalue weighted by Crippen LogP contribution is 2.26. The molecule has 0 spiro atoms. The SMILES string of the molecule is Cc1ccc(NS(=O)(=O)c2ccc(NS(=O)(=O)c3ccc(C)c([N+](=O)[O-])c3)cc2)cc1Cl. The minimum Gasteiger partial charge on any atom is -0.280 e. The van der Waals surface area contributed by atoms with Crippen molar-refractivity contribution in [2.75, 3.05) is 9.44 Å². The molecular formula is C20H18ClN3O6S2. The van der Waals surface area contributed by atoms with Gasteiger partial charge in [-0.25, -0.2) is 16.8 Å². The molecule has 0 aliphatic rings. The van der Waals surface area contributed by atoms with Crippen LogP contribution in [0.3, 0.4) is 0 Å². The summed E-state index contributed by atoms with van der Waals surface area (Å²) in [5, 5.41) is 11.5. The number of halogens is 1. The molecule has 0 aliphatic carbocycles. The maximum Gasteiger partial charge on any atom is 0.273 e. The number of anilines is 2. The van der Waals surface area contributed by atoms with Gasteiger partial charge in [-0.05, 0) is 61.9 Å². The third-order valence-electron chi connectivity index (χ3n) is 4.53. The van der Waals surface area contributed by atoms with Crippen LogP contribution in [0.2, 0.25) is 5.02 Å². The average Bonchev–Trinajstić information content (AvgIpc) is 2.70. The van der Waals surface area contributed by atoms with E-state index in [-0.39, 0.29) is 26.9 Å². The Labute approximate surface area is 190 Å². The van der Waals surface area contributed by atoms with Crippen molar-refractivity contribution in [2.24, 2.45) is 0 Å². The molecule has 0 bridgehead atoms. The Morgan fingerprint density at radius 2 is 1.25 bits per heavy atom. The standard InChI is InChI=1S/C20H18ClN3O6S2/c1-13-3-5-16(11-19(13)21)23-31(27,28)17-9-6-15(7-10-17)22-32(29,30)18-8-4-14(2)20(12-18)24(25)26/h3-12,22-23H,1-2H3. The van der Waals surface area contributed by atoms with Crippen LogP contribution in [0.5, 0.6) is 0 Å². The highest BCUT2D eigenvalue weighted by Gasteiger charge is 2.21. The molecule has 0 aromatic heterocycles. The maximum atomic E-state index is 12.6. The van der Waals surface area contributed by atoms with Crippen molar-refractivity contribution < 1.29 is 21.8 Å². The molecule has 0 atom stereocenters. The van der Waals surface area contributed by atoms with Gasteiger partial charge in [0.25, 0.3) is 25.7 Å². The number of benzene rings is 3. The first kappa shape index (κ1) is 23.5. The molecule has 0 aliphatic heterocycles. The molecule has 0 saturated carbocycles. The van der Waals surface area contributed by atoms with Crippen molar-refractivity contribution in [3.63, 3.8) is 0 Å². The third kappa shape index (κ3) is 5.18. The van der Waals surface area contributed by atoms with Crippen molar-refractivity contribution in [3.8, 4) is 0 Å². The predicted molar refractivity (Wildman–Crippen MR) is 122 cm³/mol. The van der Waals surface area contributed by atoms with Crippen molar-refractivity contribution in [2.45, 2.75) is 23.6 Å². The second-order valence-corrected chi connectivity index (χ2v) is 10.7. The predicted octanol–water partition coefficient (Wildman–Crippen LogP) is 4.47. The third-order valence-corrected chi connectivity index (χ3v) is 7.71. The van der Waals surface area contributed by atoms with Gasteiger partial charge in [-0.3, -0.25) is 19.6 Å². The van der Waals surface area contributed by atoms with Crippen LogP contribution in [0.15, 0.2) is 70.5 Å². The Bertz CT molecular complexity index is 1410. The van der Waals surface area contributed by atoms with Gasteiger partial charge < -0.3 is 0 Å². The summed E-state index contributed by atoms with van der Waals surface area (Å²) in [6.07, 6.45) is 0. The van der Waals surface area contributed by atoms with Crippen molar-refractivity contribution in [1.82, 2.24) is 0 Å². The molecular weight excluding hydrogens is 478 g/mol. The summed E-state index contributed by atoms with van der Waals surface area (Å²) >= 11 is 6.02. The molecule has 0 heterocycles. The monoisotopic (exact) mass is 495 g/mol. The van der Waals surface area contributed by atoms with Gasteiger partial charge >= 0.3 is 0 Å². The zero-order valence-corrected chi connectivity index (χ0v) is 19.3. The average molecular weight is 496 g/mol. The lowest BCUT2D eigenvalue weighted by Crippen LogP contribution is -2.15. The largest absolute Gasteiger partial charge is 0.280 e. The van der Waals surface area contributed by atoms with Gasteiger partial charge in [-0.2, -0.15) is 0 Å². The van der Waals surface area contributed by atoms with Gasteiger partial charge in [-0.15, -0.1) is 0 Å². The first-order valence-electron chi connectivity index (χ1n) is 9.06. The van der Waals surface area contributed by atoms with Crippen LogP contribution in [-0.2, 0) is 20.0 Å². The zero-order chi connectivity index (χ0) is 23.7. The van der Waals surface area contributed by atoms with Crippen LogP contribution in [-0.4, -0.2) is 21.8 Å². The molecule has 3 aromatic carbocycles. The van der Waals surface area contributed by atoms with Crippen LogP contribution in [0.1, 0.15) is 11.1 Å². The number of rotatable bonds is 7. The summed E-state index contributed by atoms with van der Waals surface area (Å²) in [6.45, 7) is 3.29. The number of nitro benzene ring substituents is 1. The molecule has 12 heteroatoms. The minimum atomic E-state index is -4.13. The van der Waals surface area contributed by atoms with E-state index in [0.717, 1.165) is 11.6 Å². The van der Waals surface area contributed by atoms with E-state index < -0.39 is 25.0 Å². The van der Waals surface area contributed by atoms with E-state index in [2.05, 4.69) is 9.44 Å². The summed E-state index contributed by atoms with van der Waals surface area (Å²) < 4.78 is 55.1. The maximum absolute atomic E-state index is 12.6. The molecule has 168 valence electrons. The second-order valence-electron chi connectivity index (χ2n) is 6.90. The minimum absolute atomic E-state index is 0.0885. The number of aryl methyl sites for hydroxylation is 2. The van der Waals surface area contributed by atoms with Crippen LogP contribution < -0.4 is 9.44 Å². The molecule has 3 rings (SSSR count). The first-order chi connectivity index (χ1) is 14.9. The van der Waals surface area contributed by atoms with E-state index in [1.807, 2.05) is 0 Å². The van der Waals surface area contributed by atoms with Crippen LogP contribution in [0, 0.1) is 24.0 Å². The van der Waals surface area contributed by atoms with E-state index in [9.17, 15) is 26.9 Å². The fraction of sp³-hybridized carbons (Fsp3) is 0.100. The Hall–Kier alpha value is -3.15. The van der Waals surface area contributed by atoms with Gasteiger partial charge in [0.1, 0.15) is 0 Å². The quantitative estimate of drug-likeness (QED) is 0.366. The number of nitro groups is 1. The van der Waals surface area contributed by atoms with E-state index >= 15 is 0 Å². The number of nitrogens with one attached hydrogen (secondary N) is 2. The molecule has 0 unspecified atom stereocenters. The highest BCUT2D eigenvalue weighted by atomic mass is 35.5. The molecule has 0 radical (unpaired) electrons. The van der Waals surface area contributed by atoms with Crippen molar-refractivity contribution in [3.05, 3.63) is 86.9 Å². The molecule has 2 N–H and O–H groups in total. The number of nitrogens with zero attached hydrogens (tertiary/aromatic N) is 1. The number of hydrogen-bond donors (Lipinski definition) is 2. The normalized spacial score (nSPS) is 11.7. The van der Waals surface area contributed by atoms with Gasteiger partial charge in [0.05, 0.1) is 20.4 Å². The van der Waals surface area contributed by atoms with Gasteiger partial charge in [-0.1, -0.05) is 23.7 Å². The smallest absolute Gasteiger partial charge is 0.273 e. The van der Waals surface area contributed by atoms with E-state index in [4.69, 9.17) is 11.6 Å². The summed E-state index contributed by atoms with van der Waals surface area (Å²) in [6, 6.07) is 13.3. The fourth-order valence-corrected chi connectivity index (χ4v) is 5.05. The Kier molecular flexibility index (Phi) is 6.44.